The van der Waals surface area contributed by atoms with E-state index in [0.29, 0.717) is 0 Å². The smallest absolute Gasteiger partial charge is 0.0630 e. The van der Waals surface area contributed by atoms with Gasteiger partial charge < -0.3 is 4.90 Å². The van der Waals surface area contributed by atoms with Crippen LogP contribution in [0.15, 0.2) is 76.5 Å². The number of anilines is 3. The molecule has 0 saturated carbocycles. The third kappa shape index (κ3) is 2.03. The molecule has 0 fully saturated rings. The molecule has 0 aromatic heterocycles. The number of hydrogen-bond donors (Lipinski definition) is 0. The van der Waals surface area contributed by atoms with Gasteiger partial charge in [0.1, 0.15) is 0 Å². The lowest BCUT2D eigenvalue weighted by molar-refractivity contribution is 1.12. The minimum absolute atomic E-state index is 1.22. The summed E-state index contributed by atoms with van der Waals surface area (Å²) < 4.78 is 0. The second-order valence-electron chi connectivity index (χ2n) is 5.62. The van der Waals surface area contributed by atoms with Gasteiger partial charge >= 0.3 is 0 Å². The van der Waals surface area contributed by atoms with Gasteiger partial charge in [-0.2, -0.15) is 0 Å². The predicted octanol–water partition coefficient (Wildman–Crippen LogP) is 6.24. The normalized spacial score (nSPS) is 12.7. The lowest BCUT2D eigenvalue weighted by Crippen LogP contribution is -2.17. The molecule has 1 nitrogen and oxygen atoms in total. The summed E-state index contributed by atoms with van der Waals surface area (Å²) in [5.74, 6) is 0. The molecule has 0 bridgehead atoms. The van der Waals surface area contributed by atoms with Crippen molar-refractivity contribution < 1.29 is 0 Å². The molecule has 3 aromatic carbocycles. The Morgan fingerprint density at radius 1 is 0.636 bits per heavy atom. The van der Waals surface area contributed by atoms with E-state index in [1.165, 1.54) is 38.0 Å². The Morgan fingerprint density at radius 3 is 1.73 bits per heavy atom. The molecule has 1 aliphatic rings. The zero-order valence-electron chi connectivity index (χ0n) is 12.7. The standard InChI is InChI=1S/C20H17NS/c1-14-8-6-12-17-19(14)21(16-10-4-3-5-11-16)20-15(2)9-7-13-18(20)22-17/h3-13H,1-2H3. The summed E-state index contributed by atoms with van der Waals surface area (Å²) in [5.41, 5.74) is 6.44. The Kier molecular flexibility index (Phi) is 3.20. The Balaban J connectivity index is 2.04. The average molecular weight is 303 g/mol. The van der Waals surface area contributed by atoms with E-state index >= 15 is 0 Å². The van der Waals surface area contributed by atoms with Crippen LogP contribution in [0.1, 0.15) is 11.1 Å². The van der Waals surface area contributed by atoms with Crippen LogP contribution in [-0.2, 0) is 0 Å². The first-order valence-corrected chi connectivity index (χ1v) is 8.29. The second kappa shape index (κ2) is 5.22. The van der Waals surface area contributed by atoms with Crippen molar-refractivity contribution in [2.75, 3.05) is 4.90 Å². The topological polar surface area (TPSA) is 3.24 Å². The highest BCUT2D eigenvalue weighted by Crippen LogP contribution is 2.53. The molecule has 1 heterocycles. The highest BCUT2D eigenvalue weighted by molar-refractivity contribution is 7.99. The molecule has 0 saturated heterocycles. The van der Waals surface area contributed by atoms with Gasteiger partial charge in [0.25, 0.3) is 0 Å². The molecule has 1 aliphatic heterocycles. The van der Waals surface area contributed by atoms with Crippen molar-refractivity contribution in [1.82, 2.24) is 0 Å². The molecule has 4 rings (SSSR count). The van der Waals surface area contributed by atoms with E-state index in [4.69, 9.17) is 0 Å². The van der Waals surface area contributed by atoms with E-state index in [9.17, 15) is 0 Å². The van der Waals surface area contributed by atoms with Gasteiger partial charge in [0.15, 0.2) is 0 Å². The fourth-order valence-corrected chi connectivity index (χ4v) is 4.30. The number of fused-ring (bicyclic) bond motifs is 2. The van der Waals surface area contributed by atoms with E-state index < -0.39 is 0 Å². The van der Waals surface area contributed by atoms with E-state index in [1.54, 1.807) is 0 Å². The fourth-order valence-electron chi connectivity index (χ4n) is 3.07. The highest BCUT2D eigenvalue weighted by atomic mass is 32.2. The zero-order chi connectivity index (χ0) is 15.1. The van der Waals surface area contributed by atoms with Crippen molar-refractivity contribution in [2.45, 2.75) is 23.6 Å². The molecule has 3 aromatic rings. The summed E-state index contributed by atoms with van der Waals surface area (Å²) in [6.07, 6.45) is 0. The molecular formula is C20H17NS. The first kappa shape index (κ1) is 13.5. The van der Waals surface area contributed by atoms with Crippen molar-refractivity contribution in [3.8, 4) is 0 Å². The number of aryl methyl sites for hydroxylation is 2. The molecule has 0 unspecified atom stereocenters. The SMILES string of the molecule is Cc1cccc2c1N(c1ccccc1)c1c(C)cccc1S2. The third-order valence-corrected chi connectivity index (χ3v) is 5.18. The van der Waals surface area contributed by atoms with E-state index in [2.05, 4.69) is 85.5 Å². The van der Waals surface area contributed by atoms with Gasteiger partial charge in [0, 0.05) is 15.5 Å². The van der Waals surface area contributed by atoms with Gasteiger partial charge in [-0.3, -0.25) is 0 Å². The number of para-hydroxylation sites is 3. The summed E-state index contributed by atoms with van der Waals surface area (Å²) in [5, 5.41) is 0. The van der Waals surface area contributed by atoms with Crippen LogP contribution in [0.25, 0.3) is 0 Å². The van der Waals surface area contributed by atoms with Crippen molar-refractivity contribution >= 4 is 28.8 Å². The van der Waals surface area contributed by atoms with Gasteiger partial charge in [-0.25, -0.2) is 0 Å². The molecule has 0 aliphatic carbocycles. The second-order valence-corrected chi connectivity index (χ2v) is 6.70. The Labute approximate surface area is 135 Å². The first-order valence-electron chi connectivity index (χ1n) is 7.48. The van der Waals surface area contributed by atoms with Crippen LogP contribution in [-0.4, -0.2) is 0 Å². The van der Waals surface area contributed by atoms with Gasteiger partial charge in [0.2, 0.25) is 0 Å². The van der Waals surface area contributed by atoms with Crippen molar-refractivity contribution in [1.29, 1.82) is 0 Å². The van der Waals surface area contributed by atoms with Gasteiger partial charge in [-0.15, -0.1) is 0 Å². The number of benzene rings is 3. The lowest BCUT2D eigenvalue weighted by atomic mass is 10.1. The molecule has 22 heavy (non-hydrogen) atoms. The van der Waals surface area contributed by atoms with E-state index in [0.717, 1.165) is 0 Å². The molecule has 108 valence electrons. The van der Waals surface area contributed by atoms with Gasteiger partial charge in [-0.1, -0.05) is 54.2 Å². The third-order valence-electron chi connectivity index (χ3n) is 4.08. The van der Waals surface area contributed by atoms with E-state index in [1.807, 2.05) is 11.8 Å². The minimum atomic E-state index is 1.22. The Hall–Kier alpha value is -2.19. The van der Waals surface area contributed by atoms with Crippen LogP contribution >= 0.6 is 11.8 Å². The van der Waals surface area contributed by atoms with Crippen molar-refractivity contribution in [2.24, 2.45) is 0 Å². The van der Waals surface area contributed by atoms with Crippen LogP contribution in [0.4, 0.5) is 17.1 Å². The predicted molar refractivity (Wildman–Crippen MR) is 94.7 cm³/mol. The number of rotatable bonds is 1. The fraction of sp³-hybridized carbons (Fsp3) is 0.100. The molecule has 0 N–H and O–H groups in total. The van der Waals surface area contributed by atoms with Crippen molar-refractivity contribution in [3.05, 3.63) is 77.9 Å². The summed E-state index contributed by atoms with van der Waals surface area (Å²) in [4.78, 5) is 5.05. The van der Waals surface area contributed by atoms with Crippen molar-refractivity contribution in [3.63, 3.8) is 0 Å². The maximum Gasteiger partial charge on any atom is 0.0630 e. The molecule has 0 radical (unpaired) electrons. The monoisotopic (exact) mass is 303 g/mol. The Bertz CT molecular complexity index is 788. The van der Waals surface area contributed by atoms with Crippen LogP contribution in [0.5, 0.6) is 0 Å². The van der Waals surface area contributed by atoms with Crippen LogP contribution < -0.4 is 4.90 Å². The number of nitrogens with zero attached hydrogens (tertiary/aromatic N) is 1. The average Bonchev–Trinajstić information content (AvgIpc) is 2.54. The maximum atomic E-state index is 2.41. The number of hydrogen-bond acceptors (Lipinski definition) is 2. The maximum absolute atomic E-state index is 2.41. The molecule has 0 atom stereocenters. The Morgan fingerprint density at radius 2 is 1.18 bits per heavy atom. The van der Waals surface area contributed by atoms with Gasteiger partial charge in [-0.05, 0) is 49.2 Å². The van der Waals surface area contributed by atoms with E-state index in [-0.39, 0.29) is 0 Å². The van der Waals surface area contributed by atoms with Crippen LogP contribution in [0, 0.1) is 13.8 Å². The molecule has 0 spiro atoms. The summed E-state index contributed by atoms with van der Waals surface area (Å²) >= 11 is 1.87. The summed E-state index contributed by atoms with van der Waals surface area (Å²) in [7, 11) is 0. The largest absolute Gasteiger partial charge is 0.308 e. The zero-order valence-corrected chi connectivity index (χ0v) is 13.5. The first-order chi connectivity index (χ1) is 10.8. The van der Waals surface area contributed by atoms with Gasteiger partial charge in [0.05, 0.1) is 11.4 Å². The molecular weight excluding hydrogens is 286 g/mol. The van der Waals surface area contributed by atoms with Crippen LogP contribution in [0.3, 0.4) is 0 Å². The summed E-state index contributed by atoms with van der Waals surface area (Å²) in [6.45, 7) is 4.39. The van der Waals surface area contributed by atoms with Crippen LogP contribution in [0.2, 0.25) is 0 Å². The minimum Gasteiger partial charge on any atom is -0.308 e. The summed E-state index contributed by atoms with van der Waals surface area (Å²) in [6, 6.07) is 23.8. The molecule has 0 amide bonds. The quantitative estimate of drug-likeness (QED) is 0.409. The molecule has 2 heteroatoms. The lowest BCUT2D eigenvalue weighted by Gasteiger charge is -2.35. The highest BCUT2D eigenvalue weighted by Gasteiger charge is 2.27.